The molecule has 606 valence electrons. The Morgan fingerprint density at radius 1 is 0.410 bits per heavy atom. The van der Waals surface area contributed by atoms with Gasteiger partial charge in [-0.25, -0.2) is 55.2 Å². The summed E-state index contributed by atoms with van der Waals surface area (Å²) in [6.45, 7) is 3.38. The number of thioether (sulfide) groups is 4. The van der Waals surface area contributed by atoms with Gasteiger partial charge in [-0.3, -0.25) is 24.2 Å². The fourth-order valence-electron chi connectivity index (χ4n) is 17.4. The molecule has 3 saturated heterocycles. The molecule has 20 rings (SSSR count). The Labute approximate surface area is 700 Å². The summed E-state index contributed by atoms with van der Waals surface area (Å²) >= 11 is 10.4. The van der Waals surface area contributed by atoms with Gasteiger partial charge < -0.3 is 15.5 Å². The van der Waals surface area contributed by atoms with Gasteiger partial charge in [0.25, 0.3) is 17.7 Å². The SMILES string of the molecule is CN1CCC(C(=O)N2N=C(c3cc(F)ccc3F)SC23CCCc2ccsc23)CC1.O=C([C@@H]1CCCCN1)N1N=C(c2cc(F)ccc2F)SC12CCCc1ccsc12.O=C([C@@H]1CCCN1)N1N=C(c2cc(F)ccc2F)SC12CCCc1ccsc12.O=C(c1cccnc1)N1N=C(c2cc(F)ccc2F)SC12CCCc1ccccc12. The molecule has 31 heteroatoms. The van der Waals surface area contributed by atoms with Gasteiger partial charge in [-0.05, 0) is 296 Å². The van der Waals surface area contributed by atoms with Crippen molar-refractivity contribution >= 4 is 125 Å². The molecule has 4 aliphatic carbocycles. The van der Waals surface area contributed by atoms with Gasteiger partial charge in [0.15, 0.2) is 14.6 Å². The van der Waals surface area contributed by atoms with Crippen molar-refractivity contribution < 1.29 is 54.3 Å². The molecule has 2 N–H and O–H groups in total. The van der Waals surface area contributed by atoms with Gasteiger partial charge in [-0.1, -0.05) is 77.7 Å². The van der Waals surface area contributed by atoms with E-state index in [2.05, 4.69) is 71.5 Å². The number of benzene rings is 5. The van der Waals surface area contributed by atoms with Crippen LogP contribution in [0.4, 0.5) is 35.1 Å². The number of thiophene rings is 3. The summed E-state index contributed by atoms with van der Waals surface area (Å²) in [7, 11) is 2.07. The minimum atomic E-state index is -0.810. The third-order valence-electron chi connectivity index (χ3n) is 23.2. The van der Waals surface area contributed by atoms with Crippen LogP contribution in [-0.2, 0) is 59.6 Å². The van der Waals surface area contributed by atoms with Gasteiger partial charge in [-0.15, -0.1) is 34.0 Å². The number of aromatic nitrogens is 1. The van der Waals surface area contributed by atoms with Gasteiger partial charge in [0.2, 0.25) is 5.91 Å². The Kier molecular flexibility index (Phi) is 23.6. The van der Waals surface area contributed by atoms with Gasteiger partial charge in [0.1, 0.15) is 71.6 Å². The molecule has 9 aromatic rings. The number of pyridine rings is 1. The molecule has 7 aliphatic heterocycles. The Morgan fingerprint density at radius 2 is 0.803 bits per heavy atom. The number of likely N-dealkylation sites (tertiary alicyclic amines) is 1. The maximum atomic E-state index is 14.6. The highest BCUT2D eigenvalue weighted by Crippen LogP contribution is 2.60. The van der Waals surface area contributed by atoms with Crippen molar-refractivity contribution in [2.24, 2.45) is 26.3 Å². The van der Waals surface area contributed by atoms with Crippen molar-refractivity contribution in [2.45, 2.75) is 154 Å². The molecule has 4 spiro atoms. The van der Waals surface area contributed by atoms with Crippen LogP contribution in [0, 0.1) is 52.5 Å². The molecular formula is C86H80F8N12O4S7. The first-order valence-electron chi connectivity index (χ1n) is 39.4. The second-order valence-corrected chi connectivity index (χ2v) is 38.4. The lowest BCUT2D eigenvalue weighted by Gasteiger charge is -2.40. The summed E-state index contributed by atoms with van der Waals surface area (Å²) in [6, 6.07) is 30.5. The summed E-state index contributed by atoms with van der Waals surface area (Å²) in [5, 5.41) is 38.7. The van der Waals surface area contributed by atoms with E-state index < -0.39 is 66.0 Å². The number of nitrogens with zero attached hydrogens (tertiary/aromatic N) is 10. The number of nitrogens with one attached hydrogen (secondary N) is 2. The number of hydrazone groups is 4. The Morgan fingerprint density at radius 3 is 1.22 bits per heavy atom. The average molecular weight is 1720 g/mol. The average Bonchev–Trinajstić information content (AvgIpc) is 1.59. The van der Waals surface area contributed by atoms with Gasteiger partial charge in [-0.2, -0.15) is 20.4 Å². The number of hydrogen-bond donors (Lipinski definition) is 2. The topological polar surface area (TPSA) is 171 Å². The first-order valence-corrected chi connectivity index (χ1v) is 45.3. The Bertz CT molecular complexity index is 5460. The summed E-state index contributed by atoms with van der Waals surface area (Å²) in [4.78, 5) is 60.8. The molecular weight excluding hydrogens is 1640 g/mol. The summed E-state index contributed by atoms with van der Waals surface area (Å²) < 4.78 is 114. The van der Waals surface area contributed by atoms with E-state index in [0.29, 0.717) is 32.2 Å². The molecule has 3 fully saturated rings. The van der Waals surface area contributed by atoms with Crippen LogP contribution < -0.4 is 10.6 Å². The van der Waals surface area contributed by atoms with E-state index in [9.17, 15) is 54.3 Å². The maximum Gasteiger partial charge on any atom is 0.277 e. The number of fused-ring (bicyclic) bond motifs is 8. The van der Waals surface area contributed by atoms with Crippen LogP contribution in [-0.4, -0.2) is 119 Å². The standard InChI is InChI=1S/C23H17F2N3OS.C22H23F2N3OS2.C21H21F2N3OS2.C20H19F2N3OS2/c24-17-9-10-20(25)18(13-17)21-27-28(22(29)16-7-4-12-26-14-16)23(30-21)11-3-6-15-5-1-2-8-19(15)23;1-26-10-6-15(7-11-26)21(28)27-22(9-2-3-14-8-12-29-19(14)22)30-20(25-27)17-13-16(23)4-5-18(17)24;22-14-6-7-16(23)15(12-14)19-25-26(20(27)17-5-1-2-10-24-17)21(29-19)9-3-4-13-8-11-28-18(13)21;21-13-5-6-15(22)14(11-13)18-24-25(19(26)16-4-2-9-23-16)20(28-18)8-1-3-12-7-10-27-17(12)20/h1-2,4-5,7-10,12-14H,3,6,11H2;4-5,8,12-13,15H,2-3,6-7,9-11H2,1H3;6-8,11-12,17,24H,1-5,9-10H2;5-7,10-11,16,23H,1-4,8-9H2/t;;17-,21?;16-,20?/m..00/s1. The predicted molar refractivity (Wildman–Crippen MR) is 448 cm³/mol. The van der Waals surface area contributed by atoms with Gasteiger partial charge in [0, 0.05) is 55.2 Å². The van der Waals surface area contributed by atoms with Crippen molar-refractivity contribution in [3.63, 3.8) is 0 Å². The van der Waals surface area contributed by atoms with Crippen molar-refractivity contribution in [3.8, 4) is 0 Å². The highest BCUT2D eigenvalue weighted by atomic mass is 32.2. The minimum absolute atomic E-state index is 0.00339. The first-order chi connectivity index (χ1) is 56.7. The van der Waals surface area contributed by atoms with Crippen LogP contribution in [0.25, 0.3) is 0 Å². The van der Waals surface area contributed by atoms with Gasteiger partial charge >= 0.3 is 0 Å². The van der Waals surface area contributed by atoms with Crippen molar-refractivity contribution in [1.82, 2.24) is 40.6 Å². The van der Waals surface area contributed by atoms with Gasteiger partial charge in [0.05, 0.1) is 17.6 Å². The molecule has 4 unspecified atom stereocenters. The van der Waals surface area contributed by atoms with E-state index >= 15 is 0 Å². The summed E-state index contributed by atoms with van der Waals surface area (Å²) in [5.41, 5.74) is 6.60. The molecule has 4 amide bonds. The second-order valence-electron chi connectivity index (χ2n) is 30.6. The molecule has 16 nitrogen and oxygen atoms in total. The highest BCUT2D eigenvalue weighted by molar-refractivity contribution is 8.16. The Hall–Kier alpha value is -8.37. The van der Waals surface area contributed by atoms with Crippen molar-refractivity contribution in [3.05, 3.63) is 273 Å². The third kappa shape index (κ3) is 15.6. The van der Waals surface area contributed by atoms with Crippen LogP contribution >= 0.6 is 81.1 Å². The lowest BCUT2D eigenvalue weighted by Crippen LogP contribution is -2.52. The lowest BCUT2D eigenvalue weighted by atomic mass is 9.86. The van der Waals surface area contributed by atoms with Crippen LogP contribution in [0.2, 0.25) is 0 Å². The van der Waals surface area contributed by atoms with E-state index in [-0.39, 0.29) is 63.9 Å². The quantitative estimate of drug-likeness (QED) is 0.138. The molecule has 5 aromatic carbocycles. The second kappa shape index (κ2) is 34.0. The van der Waals surface area contributed by atoms with Crippen LogP contribution in [0.5, 0.6) is 0 Å². The van der Waals surface area contributed by atoms with Crippen molar-refractivity contribution in [2.75, 3.05) is 33.2 Å². The van der Waals surface area contributed by atoms with E-state index in [4.69, 9.17) is 0 Å². The molecule has 11 heterocycles. The number of hydrogen-bond acceptors (Lipinski definition) is 19. The molecule has 117 heavy (non-hydrogen) atoms. The highest BCUT2D eigenvalue weighted by Gasteiger charge is 2.57. The zero-order valence-corrected chi connectivity index (χ0v) is 69.2. The van der Waals surface area contributed by atoms with E-state index in [1.165, 1.54) is 87.1 Å². The predicted octanol–water partition coefficient (Wildman–Crippen LogP) is 18.7. The van der Waals surface area contributed by atoms with E-state index in [0.717, 1.165) is 228 Å². The number of halogens is 8. The van der Waals surface area contributed by atoms with Crippen LogP contribution in [0.1, 0.15) is 171 Å². The fourth-order valence-corrected chi connectivity index (χ4v) is 27.0. The number of amides is 4. The molecule has 0 radical (unpaired) electrons. The number of piperidine rings is 2. The smallest absolute Gasteiger partial charge is 0.277 e. The minimum Gasteiger partial charge on any atom is -0.306 e. The number of rotatable bonds is 8. The van der Waals surface area contributed by atoms with E-state index in [1.807, 2.05) is 35.0 Å². The van der Waals surface area contributed by atoms with Crippen molar-refractivity contribution in [1.29, 1.82) is 0 Å². The lowest BCUT2D eigenvalue weighted by molar-refractivity contribution is -0.141. The summed E-state index contributed by atoms with van der Waals surface area (Å²) in [5.74, 6) is -4.82. The van der Waals surface area contributed by atoms with E-state index in [1.54, 1.807) is 67.4 Å². The normalized spacial score (nSPS) is 24.5. The zero-order chi connectivity index (χ0) is 80.9. The molecule has 0 saturated carbocycles. The maximum absolute atomic E-state index is 14.6. The first kappa shape index (κ1) is 81.0. The largest absolute Gasteiger partial charge is 0.306 e. The monoisotopic (exact) mass is 1720 g/mol. The molecule has 6 atom stereocenters. The Balaban J connectivity index is 0.000000112. The fraction of sp³-hybridized carbons (Fsp3) is 0.360. The zero-order valence-electron chi connectivity index (χ0n) is 63.5. The third-order valence-corrected chi connectivity index (χ3v) is 32.6. The number of carbonyl (C=O) groups is 4. The molecule has 0 bridgehead atoms. The summed E-state index contributed by atoms with van der Waals surface area (Å²) in [6.07, 6.45) is 19.6. The number of aryl methyl sites for hydroxylation is 4. The van der Waals surface area contributed by atoms with Crippen LogP contribution in [0.15, 0.2) is 176 Å². The van der Waals surface area contributed by atoms with Crippen LogP contribution in [0.3, 0.4) is 0 Å². The molecule has 4 aromatic heterocycles. The molecule has 11 aliphatic rings. The number of carbonyl (C=O) groups excluding carboxylic acids is 4.